The van der Waals surface area contributed by atoms with Gasteiger partial charge in [0, 0.05) is 18.6 Å². The molecule has 3 rings (SSSR count). The Balaban J connectivity index is 2.06. The summed E-state index contributed by atoms with van der Waals surface area (Å²) in [5, 5.41) is 2.98. The zero-order valence-electron chi connectivity index (χ0n) is 20.7. The van der Waals surface area contributed by atoms with Crippen LogP contribution in [0.2, 0.25) is 5.02 Å². The molecule has 2 amide bonds. The molecule has 0 fully saturated rings. The molecule has 7 nitrogen and oxygen atoms in total. The van der Waals surface area contributed by atoms with Crippen molar-refractivity contribution in [1.82, 2.24) is 10.2 Å². The van der Waals surface area contributed by atoms with Crippen LogP contribution in [0.15, 0.2) is 77.7 Å². The topological polar surface area (TPSA) is 86.8 Å². The Morgan fingerprint density at radius 3 is 2.08 bits per heavy atom. The summed E-state index contributed by atoms with van der Waals surface area (Å²) in [4.78, 5) is 27.7. The number of nitrogens with zero attached hydrogens (tertiary/aromatic N) is 2. The van der Waals surface area contributed by atoms with E-state index in [1.807, 2.05) is 31.2 Å². The Morgan fingerprint density at radius 2 is 1.50 bits per heavy atom. The van der Waals surface area contributed by atoms with E-state index in [1.165, 1.54) is 36.2 Å². The van der Waals surface area contributed by atoms with Gasteiger partial charge in [0.25, 0.3) is 10.0 Å². The number of aryl methyl sites for hydroxylation is 2. The number of para-hydroxylation sites is 1. The summed E-state index contributed by atoms with van der Waals surface area (Å²) in [7, 11) is -2.63. The van der Waals surface area contributed by atoms with E-state index in [2.05, 4.69) is 5.32 Å². The van der Waals surface area contributed by atoms with Crippen molar-refractivity contribution in [3.8, 4) is 0 Å². The monoisotopic (exact) mass is 527 g/mol. The van der Waals surface area contributed by atoms with Gasteiger partial charge in [0.05, 0.1) is 10.6 Å². The van der Waals surface area contributed by atoms with Gasteiger partial charge in [-0.2, -0.15) is 0 Å². The normalized spacial score (nSPS) is 12.0. The van der Waals surface area contributed by atoms with Gasteiger partial charge in [-0.25, -0.2) is 8.42 Å². The molecule has 0 saturated heterocycles. The van der Waals surface area contributed by atoms with Gasteiger partial charge in [-0.15, -0.1) is 0 Å². The number of hydrogen-bond acceptors (Lipinski definition) is 4. The second-order valence-corrected chi connectivity index (χ2v) is 10.8. The minimum atomic E-state index is -4.13. The quantitative estimate of drug-likeness (QED) is 0.449. The van der Waals surface area contributed by atoms with Crippen molar-refractivity contribution in [3.05, 3.63) is 94.5 Å². The molecule has 190 valence electrons. The highest BCUT2D eigenvalue weighted by Gasteiger charge is 2.33. The van der Waals surface area contributed by atoms with Crippen molar-refractivity contribution in [2.75, 3.05) is 17.9 Å². The van der Waals surface area contributed by atoms with Crippen LogP contribution in [0.4, 0.5) is 5.69 Å². The Labute approximate surface area is 217 Å². The fraction of sp³-hybridized carbons (Fsp3) is 0.259. The first-order valence-corrected chi connectivity index (χ1v) is 13.3. The van der Waals surface area contributed by atoms with Gasteiger partial charge < -0.3 is 10.2 Å². The highest BCUT2D eigenvalue weighted by molar-refractivity contribution is 7.92. The SMILES string of the molecule is CNC(=O)[C@@H](C)N(Cc1ccccc1C)C(=O)CN(c1ccccc1C)S(=O)(=O)c1ccc(Cl)cc1. The molecule has 9 heteroatoms. The summed E-state index contributed by atoms with van der Waals surface area (Å²) < 4.78 is 28.6. The van der Waals surface area contributed by atoms with Gasteiger partial charge in [-0.1, -0.05) is 54.1 Å². The molecule has 0 spiro atoms. The number of carbonyl (C=O) groups excluding carboxylic acids is 2. The fourth-order valence-corrected chi connectivity index (χ4v) is 5.46. The molecule has 3 aromatic carbocycles. The molecule has 0 heterocycles. The maximum atomic E-state index is 13.8. The van der Waals surface area contributed by atoms with Crippen LogP contribution in [0.5, 0.6) is 0 Å². The first kappa shape index (κ1) is 27.2. The molecule has 0 aliphatic rings. The highest BCUT2D eigenvalue weighted by atomic mass is 35.5. The minimum absolute atomic E-state index is 0.00718. The van der Waals surface area contributed by atoms with E-state index in [4.69, 9.17) is 11.6 Å². The van der Waals surface area contributed by atoms with Crippen molar-refractivity contribution >= 4 is 39.1 Å². The van der Waals surface area contributed by atoms with Crippen LogP contribution >= 0.6 is 11.6 Å². The summed E-state index contributed by atoms with van der Waals surface area (Å²) in [6, 6.07) is 19.5. The third-order valence-corrected chi connectivity index (χ3v) is 8.11. The molecule has 36 heavy (non-hydrogen) atoms. The van der Waals surface area contributed by atoms with E-state index in [-0.39, 0.29) is 17.3 Å². The Bertz CT molecular complexity index is 1340. The molecule has 0 bridgehead atoms. The average Bonchev–Trinajstić information content (AvgIpc) is 2.86. The van der Waals surface area contributed by atoms with Gasteiger partial charge in [0.15, 0.2) is 0 Å². The van der Waals surface area contributed by atoms with Crippen LogP contribution in [0, 0.1) is 13.8 Å². The van der Waals surface area contributed by atoms with Gasteiger partial charge in [0.1, 0.15) is 12.6 Å². The molecular weight excluding hydrogens is 498 g/mol. The molecule has 1 N–H and O–H groups in total. The summed E-state index contributed by atoms with van der Waals surface area (Å²) in [5.74, 6) is -0.852. The number of halogens is 1. The van der Waals surface area contributed by atoms with E-state index in [0.29, 0.717) is 16.3 Å². The Hall–Kier alpha value is -3.36. The molecule has 0 unspecified atom stereocenters. The predicted octanol–water partition coefficient (Wildman–Crippen LogP) is 4.32. The predicted molar refractivity (Wildman–Crippen MR) is 142 cm³/mol. The van der Waals surface area contributed by atoms with Crippen molar-refractivity contribution in [1.29, 1.82) is 0 Å². The number of benzene rings is 3. The van der Waals surface area contributed by atoms with Crippen LogP contribution in [0.1, 0.15) is 23.6 Å². The molecule has 0 saturated carbocycles. The zero-order valence-corrected chi connectivity index (χ0v) is 22.3. The summed E-state index contributed by atoms with van der Waals surface area (Å²) in [6.07, 6.45) is 0. The zero-order chi connectivity index (χ0) is 26.5. The standard InChI is InChI=1S/C27H30ClN3O4S/c1-19-9-5-7-11-22(19)17-30(21(3)27(33)29-4)26(32)18-31(25-12-8-6-10-20(25)2)36(34,35)24-15-13-23(28)14-16-24/h5-16,21H,17-18H2,1-4H3,(H,29,33)/t21-/m1/s1. The third kappa shape index (κ3) is 6.06. The lowest BCUT2D eigenvalue weighted by Gasteiger charge is -2.32. The van der Waals surface area contributed by atoms with Crippen LogP contribution in [-0.4, -0.2) is 44.8 Å². The molecular formula is C27H30ClN3O4S. The van der Waals surface area contributed by atoms with Crippen molar-refractivity contribution < 1.29 is 18.0 Å². The summed E-state index contributed by atoms with van der Waals surface area (Å²) in [6.45, 7) is 5.00. The molecule has 3 aromatic rings. The molecule has 0 radical (unpaired) electrons. The lowest BCUT2D eigenvalue weighted by Crippen LogP contribution is -2.50. The Morgan fingerprint density at radius 1 is 0.917 bits per heavy atom. The van der Waals surface area contributed by atoms with Crippen molar-refractivity contribution in [2.24, 2.45) is 0 Å². The summed E-state index contributed by atoms with van der Waals surface area (Å²) in [5.41, 5.74) is 2.89. The number of hydrogen-bond donors (Lipinski definition) is 1. The number of carbonyl (C=O) groups is 2. The summed E-state index contributed by atoms with van der Waals surface area (Å²) >= 11 is 5.97. The lowest BCUT2D eigenvalue weighted by molar-refractivity contribution is -0.139. The van der Waals surface area contributed by atoms with Crippen molar-refractivity contribution in [3.63, 3.8) is 0 Å². The van der Waals surface area contributed by atoms with E-state index >= 15 is 0 Å². The molecule has 0 aliphatic carbocycles. The second kappa shape index (κ2) is 11.6. The number of amides is 2. The molecule has 0 aliphatic heterocycles. The van der Waals surface area contributed by atoms with Crippen LogP contribution in [-0.2, 0) is 26.2 Å². The van der Waals surface area contributed by atoms with Crippen LogP contribution in [0.3, 0.4) is 0 Å². The van der Waals surface area contributed by atoms with Gasteiger partial charge >= 0.3 is 0 Å². The van der Waals surface area contributed by atoms with Gasteiger partial charge in [0.2, 0.25) is 11.8 Å². The minimum Gasteiger partial charge on any atom is -0.357 e. The first-order chi connectivity index (χ1) is 17.1. The van der Waals surface area contributed by atoms with E-state index in [1.54, 1.807) is 38.1 Å². The van der Waals surface area contributed by atoms with Gasteiger partial charge in [-0.3, -0.25) is 13.9 Å². The fourth-order valence-electron chi connectivity index (χ4n) is 3.85. The highest BCUT2D eigenvalue weighted by Crippen LogP contribution is 2.28. The van der Waals surface area contributed by atoms with E-state index < -0.39 is 28.5 Å². The number of anilines is 1. The Kier molecular flexibility index (Phi) is 8.76. The number of nitrogens with one attached hydrogen (secondary N) is 1. The van der Waals surface area contributed by atoms with Crippen LogP contribution in [0.25, 0.3) is 0 Å². The van der Waals surface area contributed by atoms with Crippen LogP contribution < -0.4 is 9.62 Å². The number of likely N-dealkylation sites (N-methyl/N-ethyl adjacent to an activating group) is 1. The first-order valence-electron chi connectivity index (χ1n) is 11.5. The maximum Gasteiger partial charge on any atom is 0.264 e. The largest absolute Gasteiger partial charge is 0.357 e. The second-order valence-electron chi connectivity index (χ2n) is 8.49. The third-order valence-electron chi connectivity index (χ3n) is 6.08. The molecule has 1 atom stereocenters. The lowest BCUT2D eigenvalue weighted by atomic mass is 10.1. The maximum absolute atomic E-state index is 13.8. The van der Waals surface area contributed by atoms with E-state index in [0.717, 1.165) is 15.4 Å². The smallest absolute Gasteiger partial charge is 0.264 e. The number of sulfonamides is 1. The van der Waals surface area contributed by atoms with Crippen molar-refractivity contribution in [2.45, 2.75) is 38.3 Å². The van der Waals surface area contributed by atoms with Gasteiger partial charge in [-0.05, 0) is 67.8 Å². The number of rotatable bonds is 9. The van der Waals surface area contributed by atoms with E-state index in [9.17, 15) is 18.0 Å². The average molecular weight is 528 g/mol. The molecule has 0 aromatic heterocycles.